The van der Waals surface area contributed by atoms with E-state index in [0.717, 1.165) is 31.7 Å². The van der Waals surface area contributed by atoms with Gasteiger partial charge in [-0.1, -0.05) is 0 Å². The number of likely N-dealkylation sites (tertiary alicyclic amines) is 1. The number of pyridine rings is 1. The van der Waals surface area contributed by atoms with Gasteiger partial charge in [-0.3, -0.25) is 9.59 Å². The number of hydrogen-bond donors (Lipinski definition) is 2. The molecule has 0 bridgehead atoms. The number of nitrogens with zero attached hydrogens (tertiary/aromatic N) is 5. The number of nitrogens with one attached hydrogen (secondary N) is 2. The van der Waals surface area contributed by atoms with Crippen LogP contribution in [-0.2, 0) is 9.53 Å². The highest BCUT2D eigenvalue weighted by Gasteiger charge is 2.37. The average Bonchev–Trinajstić information content (AvgIpc) is 3.19. The van der Waals surface area contributed by atoms with E-state index in [2.05, 4.69) is 31.5 Å². The first-order chi connectivity index (χ1) is 15.6. The summed E-state index contributed by atoms with van der Waals surface area (Å²) in [5.41, 5.74) is 1.57. The summed E-state index contributed by atoms with van der Waals surface area (Å²) in [4.78, 5) is 33.0. The lowest BCUT2D eigenvalue weighted by Crippen LogP contribution is -2.47. The fraction of sp³-hybridized carbons (Fsp3) is 0.500. The maximum absolute atomic E-state index is 12.9. The van der Waals surface area contributed by atoms with Gasteiger partial charge in [0.1, 0.15) is 18.0 Å². The Morgan fingerprint density at radius 3 is 2.75 bits per heavy atom. The Hall–Kier alpha value is -3.45. The third-order valence-corrected chi connectivity index (χ3v) is 6.14. The van der Waals surface area contributed by atoms with Gasteiger partial charge in [0.2, 0.25) is 0 Å². The van der Waals surface area contributed by atoms with E-state index in [1.165, 1.54) is 0 Å². The zero-order chi connectivity index (χ0) is 22.5. The quantitative estimate of drug-likeness (QED) is 0.615. The van der Waals surface area contributed by atoms with Gasteiger partial charge in [-0.2, -0.15) is 10.4 Å². The molecule has 2 saturated heterocycles. The molecule has 32 heavy (non-hydrogen) atoms. The summed E-state index contributed by atoms with van der Waals surface area (Å²) >= 11 is 0. The lowest BCUT2D eigenvalue weighted by Gasteiger charge is -2.37. The normalized spacial score (nSPS) is 19.2. The molecule has 0 saturated carbocycles. The Morgan fingerprint density at radius 2 is 2.03 bits per heavy atom. The Labute approximate surface area is 186 Å². The van der Waals surface area contributed by atoms with Crippen molar-refractivity contribution < 1.29 is 9.53 Å². The Bertz CT molecular complexity index is 1040. The average molecular weight is 438 g/mol. The summed E-state index contributed by atoms with van der Waals surface area (Å²) in [5, 5.41) is 18.2. The van der Waals surface area contributed by atoms with E-state index in [-0.39, 0.29) is 17.5 Å². The van der Waals surface area contributed by atoms with E-state index in [9.17, 15) is 9.59 Å². The second-order valence-corrected chi connectivity index (χ2v) is 8.08. The summed E-state index contributed by atoms with van der Waals surface area (Å²) in [6, 6.07) is 5.96. The van der Waals surface area contributed by atoms with Crippen LogP contribution in [0, 0.1) is 18.3 Å². The van der Waals surface area contributed by atoms with E-state index in [1.807, 2.05) is 11.0 Å². The van der Waals surface area contributed by atoms with Crippen molar-refractivity contribution in [2.24, 2.45) is 0 Å². The van der Waals surface area contributed by atoms with Crippen molar-refractivity contribution >= 4 is 17.4 Å². The Kier molecular flexibility index (Phi) is 6.66. The van der Waals surface area contributed by atoms with Crippen LogP contribution in [0.2, 0.25) is 0 Å². The lowest BCUT2D eigenvalue weighted by atomic mass is 10.0. The van der Waals surface area contributed by atoms with E-state index in [4.69, 9.17) is 10.00 Å². The summed E-state index contributed by atoms with van der Waals surface area (Å²) in [6.07, 6.45) is 5.22. The molecule has 4 rings (SSSR count). The van der Waals surface area contributed by atoms with Crippen molar-refractivity contribution in [1.29, 1.82) is 5.26 Å². The molecule has 2 aromatic rings. The van der Waals surface area contributed by atoms with Crippen LogP contribution in [0.25, 0.3) is 0 Å². The van der Waals surface area contributed by atoms with Crippen molar-refractivity contribution in [3.8, 4) is 6.07 Å². The van der Waals surface area contributed by atoms with Gasteiger partial charge in [0.15, 0.2) is 0 Å². The third kappa shape index (κ3) is 4.73. The number of H-pyrrole nitrogens is 1. The number of hydrogen-bond acceptors (Lipinski definition) is 8. The van der Waals surface area contributed by atoms with Crippen LogP contribution in [0.1, 0.15) is 30.4 Å². The molecular formula is C22H27N7O3. The first kappa shape index (κ1) is 21.8. The third-order valence-electron chi connectivity index (χ3n) is 6.14. The molecule has 2 fully saturated rings. The van der Waals surface area contributed by atoms with Gasteiger partial charge in [-0.15, -0.1) is 0 Å². The highest BCUT2D eigenvalue weighted by atomic mass is 16.5. The van der Waals surface area contributed by atoms with Gasteiger partial charge in [-0.25, -0.2) is 10.1 Å². The number of carbonyl (C=O) groups excluding carboxylic acids is 1. The monoisotopic (exact) mass is 437 g/mol. The Morgan fingerprint density at radius 1 is 1.22 bits per heavy atom. The molecule has 0 radical (unpaired) electrons. The maximum atomic E-state index is 12.9. The van der Waals surface area contributed by atoms with Gasteiger partial charge >= 0.3 is 0 Å². The lowest BCUT2D eigenvalue weighted by molar-refractivity contribution is -0.139. The predicted octanol–water partition coefficient (Wildman–Crippen LogP) is 1.04. The second-order valence-electron chi connectivity index (χ2n) is 8.08. The second kappa shape index (κ2) is 9.78. The van der Waals surface area contributed by atoms with Crippen LogP contribution in [0.4, 0.5) is 11.5 Å². The number of ether oxygens (including phenoxy) is 1. The van der Waals surface area contributed by atoms with E-state index in [1.54, 1.807) is 25.4 Å². The molecule has 10 heteroatoms. The number of rotatable bonds is 7. The maximum Gasteiger partial charge on any atom is 0.269 e. The fourth-order valence-corrected chi connectivity index (χ4v) is 4.26. The minimum atomic E-state index is -0.409. The van der Waals surface area contributed by atoms with Crippen molar-refractivity contribution in [3.05, 3.63) is 46.0 Å². The number of anilines is 2. The number of piperidine rings is 1. The number of aromatic amines is 1. The van der Waals surface area contributed by atoms with Gasteiger partial charge in [0.25, 0.3) is 11.5 Å². The van der Waals surface area contributed by atoms with Crippen molar-refractivity contribution in [2.45, 2.75) is 38.3 Å². The molecule has 4 heterocycles. The Balaban J connectivity index is 1.22. The van der Waals surface area contributed by atoms with Crippen LogP contribution in [0.15, 0.2) is 29.3 Å². The van der Waals surface area contributed by atoms with Gasteiger partial charge in [0, 0.05) is 50.4 Å². The summed E-state index contributed by atoms with van der Waals surface area (Å²) in [5.74, 6) is 0.934. The minimum absolute atomic E-state index is 0.0638. The number of amides is 1. The standard InChI is InChI=1S/C22H27N7O3/c1-15-18(14-26-27-21(15)30)24-7-11-32-19-6-10-29(22(19)31)17-4-8-28(9-5-17)20-3-2-16(12-23)13-25-20/h2-3,13-14,17,19H,4-11H2,1H3,(H2,24,27,30)/t19-/m0/s1. The van der Waals surface area contributed by atoms with Crippen LogP contribution >= 0.6 is 0 Å². The van der Waals surface area contributed by atoms with Crippen LogP contribution in [-0.4, -0.2) is 70.9 Å². The number of aromatic nitrogens is 3. The zero-order valence-corrected chi connectivity index (χ0v) is 18.1. The molecule has 0 spiro atoms. The number of nitriles is 1. The molecular weight excluding hydrogens is 410 g/mol. The zero-order valence-electron chi connectivity index (χ0n) is 18.1. The van der Waals surface area contributed by atoms with Crippen molar-refractivity contribution in [2.75, 3.05) is 43.0 Å². The molecule has 0 aromatic carbocycles. The predicted molar refractivity (Wildman–Crippen MR) is 118 cm³/mol. The minimum Gasteiger partial charge on any atom is -0.381 e. The topological polar surface area (TPSA) is 127 Å². The summed E-state index contributed by atoms with van der Waals surface area (Å²) < 4.78 is 5.83. The molecule has 2 aromatic heterocycles. The van der Waals surface area contributed by atoms with E-state index < -0.39 is 6.10 Å². The van der Waals surface area contributed by atoms with Crippen LogP contribution in [0.5, 0.6) is 0 Å². The van der Waals surface area contributed by atoms with E-state index >= 15 is 0 Å². The highest BCUT2D eigenvalue weighted by Crippen LogP contribution is 2.26. The molecule has 2 N–H and O–H groups in total. The van der Waals surface area contributed by atoms with E-state index in [0.29, 0.717) is 42.9 Å². The molecule has 2 aliphatic rings. The molecule has 0 unspecified atom stereocenters. The van der Waals surface area contributed by atoms with Gasteiger partial charge < -0.3 is 19.9 Å². The smallest absolute Gasteiger partial charge is 0.269 e. The fourth-order valence-electron chi connectivity index (χ4n) is 4.26. The van der Waals surface area contributed by atoms with Crippen molar-refractivity contribution in [1.82, 2.24) is 20.1 Å². The van der Waals surface area contributed by atoms with Gasteiger partial charge in [-0.05, 0) is 31.9 Å². The van der Waals surface area contributed by atoms with Gasteiger partial charge in [0.05, 0.1) is 24.1 Å². The molecule has 1 atom stereocenters. The van der Waals surface area contributed by atoms with Crippen LogP contribution < -0.4 is 15.8 Å². The summed E-state index contributed by atoms with van der Waals surface area (Å²) in [6.45, 7) is 4.96. The molecule has 10 nitrogen and oxygen atoms in total. The van der Waals surface area contributed by atoms with Crippen LogP contribution in [0.3, 0.4) is 0 Å². The SMILES string of the molecule is Cc1c(NCCO[C@H]2CCN(C3CCN(c4ccc(C#N)cn4)CC3)C2=O)cn[nH]c1=O. The van der Waals surface area contributed by atoms with Crippen molar-refractivity contribution in [3.63, 3.8) is 0 Å². The molecule has 0 aliphatic carbocycles. The first-order valence-electron chi connectivity index (χ1n) is 10.9. The number of carbonyl (C=O) groups is 1. The largest absolute Gasteiger partial charge is 0.381 e. The first-order valence-corrected chi connectivity index (χ1v) is 10.9. The molecule has 1 amide bonds. The molecule has 168 valence electrons. The molecule has 2 aliphatic heterocycles. The highest BCUT2D eigenvalue weighted by molar-refractivity contribution is 5.83. The summed E-state index contributed by atoms with van der Waals surface area (Å²) in [7, 11) is 0.